The summed E-state index contributed by atoms with van der Waals surface area (Å²) in [4.78, 5) is 17.6. The molecular formula is C32H48ClFN2O4S. The molecule has 1 fully saturated rings. The SMILES string of the molecule is C=C/C=C(\C=C(\Cl)CC(C)OC)N1CCN(C(=O)/C(C=C)=C(/C=C\CS(C)(=O)=O)C(/C=C\C)C/C=C/F)CC1.CC. The molecule has 1 amide bonds. The Bertz CT molecular complexity index is 1130. The number of sulfone groups is 1. The third kappa shape index (κ3) is 14.7. The van der Waals surface area contributed by atoms with Gasteiger partial charge in [0.2, 0.25) is 0 Å². The van der Waals surface area contributed by atoms with Crippen molar-refractivity contribution in [2.45, 2.75) is 46.6 Å². The Morgan fingerprint density at radius 1 is 1.12 bits per heavy atom. The quantitative estimate of drug-likeness (QED) is 0.114. The van der Waals surface area contributed by atoms with E-state index >= 15 is 0 Å². The largest absolute Gasteiger partial charge is 0.381 e. The van der Waals surface area contributed by atoms with Crippen LogP contribution >= 0.6 is 11.6 Å². The molecule has 1 rings (SSSR count). The van der Waals surface area contributed by atoms with Crippen molar-refractivity contribution >= 4 is 27.3 Å². The first kappa shape index (κ1) is 38.3. The molecule has 0 aromatic carbocycles. The summed E-state index contributed by atoms with van der Waals surface area (Å²) in [5, 5.41) is 0.663. The summed E-state index contributed by atoms with van der Waals surface area (Å²) in [6.45, 7) is 17.6. The number of hydrogen-bond donors (Lipinski definition) is 0. The topological polar surface area (TPSA) is 66.9 Å². The number of methoxy groups -OCH3 is 1. The molecule has 1 aliphatic rings. The lowest BCUT2D eigenvalue weighted by atomic mass is 9.89. The minimum atomic E-state index is -3.25. The van der Waals surface area contributed by atoms with Crippen molar-refractivity contribution in [1.82, 2.24) is 9.80 Å². The number of ether oxygens (including phenoxy) is 1. The molecule has 0 bridgehead atoms. The number of amides is 1. The monoisotopic (exact) mass is 610 g/mol. The van der Waals surface area contributed by atoms with Gasteiger partial charge >= 0.3 is 0 Å². The summed E-state index contributed by atoms with van der Waals surface area (Å²) < 4.78 is 41.6. The highest BCUT2D eigenvalue weighted by molar-refractivity contribution is 7.90. The van der Waals surface area contributed by atoms with Crippen LogP contribution in [-0.4, -0.2) is 75.5 Å². The maximum absolute atomic E-state index is 13.7. The minimum Gasteiger partial charge on any atom is -0.381 e. The Morgan fingerprint density at radius 2 is 1.73 bits per heavy atom. The molecule has 0 N–H and O–H groups in total. The van der Waals surface area contributed by atoms with Gasteiger partial charge < -0.3 is 14.5 Å². The molecule has 1 heterocycles. The van der Waals surface area contributed by atoms with Crippen molar-refractivity contribution in [2.24, 2.45) is 5.92 Å². The summed E-state index contributed by atoms with van der Waals surface area (Å²) >= 11 is 6.46. The van der Waals surface area contributed by atoms with Crippen molar-refractivity contribution < 1.29 is 22.3 Å². The molecule has 1 saturated heterocycles. The fourth-order valence-corrected chi connectivity index (χ4v) is 4.89. The Hall–Kier alpha value is -2.68. The summed E-state index contributed by atoms with van der Waals surface area (Å²) in [6, 6.07) is 0. The van der Waals surface area contributed by atoms with Crippen molar-refractivity contribution in [2.75, 3.05) is 45.3 Å². The van der Waals surface area contributed by atoms with Crippen LogP contribution in [0.2, 0.25) is 0 Å². The molecule has 230 valence electrons. The summed E-state index contributed by atoms with van der Waals surface area (Å²) in [6.07, 6.45) is 17.7. The number of allylic oxidation sites excluding steroid dienone is 8. The molecule has 9 heteroatoms. The van der Waals surface area contributed by atoms with Gasteiger partial charge in [0.15, 0.2) is 9.84 Å². The number of halogens is 2. The fourth-order valence-electron chi connectivity index (χ4n) is 4.11. The summed E-state index contributed by atoms with van der Waals surface area (Å²) in [5.74, 6) is -0.716. The van der Waals surface area contributed by atoms with E-state index in [0.29, 0.717) is 61.5 Å². The molecule has 6 nitrogen and oxygen atoms in total. The highest BCUT2D eigenvalue weighted by atomic mass is 35.5. The maximum Gasteiger partial charge on any atom is 0.254 e. The normalized spacial score (nSPS) is 17.4. The lowest BCUT2D eigenvalue weighted by molar-refractivity contribution is -0.128. The Kier molecular flexibility index (Phi) is 19.7. The zero-order valence-corrected chi connectivity index (χ0v) is 27.1. The zero-order chi connectivity index (χ0) is 31.4. The van der Waals surface area contributed by atoms with Crippen LogP contribution in [0.25, 0.3) is 0 Å². The smallest absolute Gasteiger partial charge is 0.254 e. The van der Waals surface area contributed by atoms with Crippen LogP contribution in [0.3, 0.4) is 0 Å². The van der Waals surface area contributed by atoms with Gasteiger partial charge in [0.05, 0.1) is 18.2 Å². The summed E-state index contributed by atoms with van der Waals surface area (Å²) in [7, 11) is -1.60. The molecule has 0 saturated carbocycles. The average molecular weight is 611 g/mol. The average Bonchev–Trinajstić information content (AvgIpc) is 2.95. The standard InChI is InChI=1S/C30H42ClFN2O4S.C2H6/c1-7-12-25(14-10-16-32)29(15-11-21-39(6,36)37)28(9-3)30(35)34-19-17-33(18-20-34)27(13-8-2)23-26(31)22-24(4)38-5;1-2/h7-13,15-16,23-25H,2-3,14,17-22H2,1,4-6H3;1-2H3/b12-7-,15-11-,16-10+,26-23+,27-13+,29-28-;. The van der Waals surface area contributed by atoms with Crippen molar-refractivity contribution in [3.8, 4) is 0 Å². The highest BCUT2D eigenvalue weighted by Gasteiger charge is 2.26. The van der Waals surface area contributed by atoms with E-state index in [0.717, 1.165) is 12.0 Å². The van der Waals surface area contributed by atoms with Crippen LogP contribution < -0.4 is 0 Å². The van der Waals surface area contributed by atoms with Crippen LogP contribution in [0.5, 0.6) is 0 Å². The molecule has 0 aromatic heterocycles. The molecule has 41 heavy (non-hydrogen) atoms. The van der Waals surface area contributed by atoms with Gasteiger partial charge in [0, 0.05) is 68.2 Å². The van der Waals surface area contributed by atoms with Gasteiger partial charge in [0.25, 0.3) is 5.91 Å². The van der Waals surface area contributed by atoms with Gasteiger partial charge in [0.1, 0.15) is 0 Å². The van der Waals surface area contributed by atoms with E-state index in [2.05, 4.69) is 18.1 Å². The van der Waals surface area contributed by atoms with Crippen LogP contribution in [0.1, 0.15) is 40.5 Å². The predicted octanol–water partition coefficient (Wildman–Crippen LogP) is 6.92. The number of hydrogen-bond acceptors (Lipinski definition) is 5. The fraction of sp³-hybridized carbons (Fsp3) is 0.469. The van der Waals surface area contributed by atoms with Gasteiger partial charge in [-0.3, -0.25) is 4.79 Å². The van der Waals surface area contributed by atoms with Crippen molar-refractivity contribution in [3.63, 3.8) is 0 Å². The predicted molar refractivity (Wildman–Crippen MR) is 172 cm³/mol. The van der Waals surface area contributed by atoms with E-state index in [1.807, 2.05) is 52.0 Å². The molecular weight excluding hydrogens is 563 g/mol. The summed E-state index contributed by atoms with van der Waals surface area (Å²) in [5.41, 5.74) is 1.86. The first-order valence-electron chi connectivity index (χ1n) is 13.9. The highest BCUT2D eigenvalue weighted by Crippen LogP contribution is 2.26. The molecule has 2 unspecified atom stereocenters. The second-order valence-corrected chi connectivity index (χ2v) is 11.9. The van der Waals surface area contributed by atoms with Gasteiger partial charge in [-0.1, -0.05) is 81.1 Å². The van der Waals surface area contributed by atoms with E-state index in [1.54, 1.807) is 24.2 Å². The van der Waals surface area contributed by atoms with Crippen LogP contribution in [0.4, 0.5) is 4.39 Å². The molecule has 0 aromatic rings. The number of carbonyl (C=O) groups is 1. The van der Waals surface area contributed by atoms with Gasteiger partial charge in [-0.15, -0.1) is 0 Å². The molecule has 0 radical (unpaired) electrons. The van der Waals surface area contributed by atoms with Crippen LogP contribution in [0, 0.1) is 5.92 Å². The van der Waals surface area contributed by atoms with Gasteiger partial charge in [-0.2, -0.15) is 0 Å². The van der Waals surface area contributed by atoms with Crippen LogP contribution in [-0.2, 0) is 19.4 Å². The van der Waals surface area contributed by atoms with E-state index in [4.69, 9.17) is 16.3 Å². The lowest BCUT2D eigenvalue weighted by Crippen LogP contribution is -2.48. The zero-order valence-electron chi connectivity index (χ0n) is 25.5. The maximum atomic E-state index is 13.7. The Morgan fingerprint density at radius 3 is 2.22 bits per heavy atom. The van der Waals surface area contributed by atoms with E-state index in [9.17, 15) is 17.6 Å². The van der Waals surface area contributed by atoms with E-state index in [-0.39, 0.29) is 23.7 Å². The number of piperazine rings is 1. The minimum absolute atomic E-state index is 0.00948. The Labute approximate surface area is 252 Å². The number of nitrogens with zero attached hydrogens (tertiary/aromatic N) is 2. The van der Waals surface area contributed by atoms with Crippen LogP contribution in [0.15, 0.2) is 96.0 Å². The number of carbonyl (C=O) groups excluding carboxylic acids is 1. The molecule has 0 aliphatic carbocycles. The first-order chi connectivity index (χ1) is 19.5. The first-order valence-corrected chi connectivity index (χ1v) is 16.3. The van der Waals surface area contributed by atoms with Crippen molar-refractivity contribution in [3.05, 3.63) is 96.0 Å². The van der Waals surface area contributed by atoms with Crippen molar-refractivity contribution in [1.29, 1.82) is 0 Å². The van der Waals surface area contributed by atoms with Gasteiger partial charge in [-0.05, 0) is 38.0 Å². The molecule has 0 spiro atoms. The van der Waals surface area contributed by atoms with Gasteiger partial charge in [-0.25, -0.2) is 12.8 Å². The number of rotatable bonds is 15. The van der Waals surface area contributed by atoms with E-state index in [1.165, 1.54) is 18.2 Å². The second-order valence-electron chi connectivity index (χ2n) is 9.25. The second kappa shape index (κ2) is 21.1. The lowest BCUT2D eigenvalue weighted by Gasteiger charge is -2.37. The molecule has 1 aliphatic heterocycles. The Balaban J connectivity index is 0.00000781. The third-order valence-corrected chi connectivity index (χ3v) is 7.22. The van der Waals surface area contributed by atoms with E-state index < -0.39 is 9.84 Å². The third-order valence-electron chi connectivity index (χ3n) is 6.16. The molecule has 2 atom stereocenters.